The van der Waals surface area contributed by atoms with Gasteiger partial charge in [-0.05, 0) is 42.6 Å². The molecule has 0 heterocycles. The molecule has 50 valence electrons. The van der Waals surface area contributed by atoms with Crippen molar-refractivity contribution < 1.29 is 0 Å². The fraction of sp³-hybridized carbons (Fsp3) is 0.300. The van der Waals surface area contributed by atoms with E-state index in [1.54, 1.807) is 0 Å². The molecule has 0 bridgehead atoms. The van der Waals surface area contributed by atoms with Crippen LogP contribution in [0.2, 0.25) is 0 Å². The van der Waals surface area contributed by atoms with Gasteiger partial charge in [0.25, 0.3) is 0 Å². The zero-order valence-electron chi connectivity index (χ0n) is 6.15. The maximum Gasteiger partial charge on any atom is -0.00529 e. The summed E-state index contributed by atoms with van der Waals surface area (Å²) in [6.07, 6.45) is 8.92. The van der Waals surface area contributed by atoms with Crippen molar-refractivity contribution in [3.63, 3.8) is 0 Å². The minimum atomic E-state index is 1.20. The van der Waals surface area contributed by atoms with Crippen LogP contribution in [-0.4, -0.2) is 0 Å². The van der Waals surface area contributed by atoms with E-state index in [2.05, 4.69) is 30.9 Å². The zero-order chi connectivity index (χ0) is 6.97. The molecule has 0 fully saturated rings. The first-order valence-corrected chi connectivity index (χ1v) is 3.71. The van der Waals surface area contributed by atoms with Gasteiger partial charge in [0.15, 0.2) is 0 Å². The quantitative estimate of drug-likeness (QED) is 0.442. The smallest absolute Gasteiger partial charge is 0.00529 e. The van der Waals surface area contributed by atoms with Crippen molar-refractivity contribution in [2.45, 2.75) is 19.8 Å². The summed E-state index contributed by atoms with van der Waals surface area (Å²) >= 11 is 0. The standard InChI is InChI=1S/C10H10/c1-8-6-7-9-4-2-3-5-10(8)9/h2,4,7H,3,5H2,1H3. The van der Waals surface area contributed by atoms with Gasteiger partial charge < -0.3 is 0 Å². The molecule has 0 saturated heterocycles. The lowest BCUT2D eigenvalue weighted by molar-refractivity contribution is 0.964. The SMILES string of the molecule is CC1=C=CC2=C1CCC=C2. The van der Waals surface area contributed by atoms with E-state index >= 15 is 0 Å². The Morgan fingerprint density at radius 3 is 3.20 bits per heavy atom. The number of hydrogen-bond acceptors (Lipinski definition) is 0. The molecule has 0 atom stereocenters. The second-order valence-electron chi connectivity index (χ2n) is 2.79. The average Bonchev–Trinajstić information content (AvgIpc) is 2.34. The van der Waals surface area contributed by atoms with Gasteiger partial charge in [-0.15, -0.1) is 5.73 Å². The van der Waals surface area contributed by atoms with Gasteiger partial charge in [0.2, 0.25) is 0 Å². The molecule has 0 radical (unpaired) electrons. The van der Waals surface area contributed by atoms with Gasteiger partial charge in [-0.2, -0.15) is 0 Å². The normalized spacial score (nSPS) is 21.5. The lowest BCUT2D eigenvalue weighted by atomic mass is 9.96. The number of hydrogen-bond donors (Lipinski definition) is 0. The zero-order valence-corrected chi connectivity index (χ0v) is 6.15. The van der Waals surface area contributed by atoms with E-state index in [1.165, 1.54) is 29.6 Å². The first-order valence-electron chi connectivity index (χ1n) is 3.71. The van der Waals surface area contributed by atoms with E-state index < -0.39 is 0 Å². The Morgan fingerprint density at radius 1 is 1.50 bits per heavy atom. The monoisotopic (exact) mass is 130 g/mol. The molecule has 0 aromatic heterocycles. The molecular formula is C10H10. The summed E-state index contributed by atoms with van der Waals surface area (Å²) in [4.78, 5) is 0. The topological polar surface area (TPSA) is 0 Å². The van der Waals surface area contributed by atoms with Gasteiger partial charge in [0, 0.05) is 0 Å². The van der Waals surface area contributed by atoms with Crippen molar-refractivity contribution >= 4 is 0 Å². The molecule has 2 rings (SSSR count). The average molecular weight is 130 g/mol. The highest BCUT2D eigenvalue weighted by atomic mass is 14.1. The van der Waals surface area contributed by atoms with Crippen molar-refractivity contribution in [1.82, 2.24) is 0 Å². The molecule has 0 aromatic rings. The van der Waals surface area contributed by atoms with E-state index in [4.69, 9.17) is 0 Å². The highest BCUT2D eigenvalue weighted by molar-refractivity contribution is 5.51. The third kappa shape index (κ3) is 0.698. The minimum Gasteiger partial charge on any atom is -0.117 e. The van der Waals surface area contributed by atoms with Crippen LogP contribution in [0.4, 0.5) is 0 Å². The van der Waals surface area contributed by atoms with Gasteiger partial charge in [-0.3, -0.25) is 0 Å². The summed E-state index contributed by atoms with van der Waals surface area (Å²) in [6.45, 7) is 2.14. The molecule has 0 aromatic carbocycles. The van der Waals surface area contributed by atoms with Gasteiger partial charge in [0.05, 0.1) is 0 Å². The summed E-state index contributed by atoms with van der Waals surface area (Å²) in [5, 5.41) is 0. The highest BCUT2D eigenvalue weighted by Gasteiger charge is 2.10. The van der Waals surface area contributed by atoms with Crippen LogP contribution in [0.15, 0.2) is 40.7 Å². The largest absolute Gasteiger partial charge is 0.117 e. The lowest BCUT2D eigenvalue weighted by Gasteiger charge is -2.08. The minimum absolute atomic E-state index is 1.20. The van der Waals surface area contributed by atoms with Crippen LogP contribution in [-0.2, 0) is 0 Å². The molecule has 2 aliphatic carbocycles. The van der Waals surface area contributed by atoms with E-state index in [9.17, 15) is 0 Å². The first-order chi connectivity index (χ1) is 4.88. The highest BCUT2D eigenvalue weighted by Crippen LogP contribution is 2.28. The van der Waals surface area contributed by atoms with Crippen molar-refractivity contribution in [2.24, 2.45) is 0 Å². The van der Waals surface area contributed by atoms with Crippen LogP contribution < -0.4 is 0 Å². The van der Waals surface area contributed by atoms with Crippen LogP contribution in [0.3, 0.4) is 0 Å². The summed E-state index contributed by atoms with van der Waals surface area (Å²) in [6, 6.07) is 0. The van der Waals surface area contributed by atoms with Crippen molar-refractivity contribution in [3.05, 3.63) is 40.7 Å². The Morgan fingerprint density at radius 2 is 2.40 bits per heavy atom. The second-order valence-corrected chi connectivity index (χ2v) is 2.79. The molecule has 0 unspecified atom stereocenters. The van der Waals surface area contributed by atoms with Crippen LogP contribution in [0.25, 0.3) is 0 Å². The maximum absolute atomic E-state index is 3.23. The Balaban J connectivity index is 2.46. The molecule has 0 nitrogen and oxygen atoms in total. The summed E-state index contributed by atoms with van der Waals surface area (Å²) in [7, 11) is 0. The van der Waals surface area contributed by atoms with Gasteiger partial charge >= 0.3 is 0 Å². The summed E-state index contributed by atoms with van der Waals surface area (Å²) in [5.41, 5.74) is 7.44. The van der Waals surface area contributed by atoms with E-state index in [0.29, 0.717) is 0 Å². The van der Waals surface area contributed by atoms with E-state index in [1.807, 2.05) is 0 Å². The molecule has 0 heteroatoms. The van der Waals surface area contributed by atoms with E-state index in [-0.39, 0.29) is 0 Å². The second kappa shape index (κ2) is 2.00. The molecule has 0 saturated carbocycles. The van der Waals surface area contributed by atoms with Crippen LogP contribution in [0.5, 0.6) is 0 Å². The molecule has 2 aliphatic rings. The lowest BCUT2D eigenvalue weighted by Crippen LogP contribution is -1.89. The predicted molar refractivity (Wildman–Crippen MR) is 42.7 cm³/mol. The fourth-order valence-corrected chi connectivity index (χ4v) is 1.50. The Bertz CT molecular complexity index is 281. The van der Waals surface area contributed by atoms with E-state index in [0.717, 1.165) is 0 Å². The Hall–Kier alpha value is -1.00. The summed E-state index contributed by atoms with van der Waals surface area (Å²) < 4.78 is 0. The van der Waals surface area contributed by atoms with Crippen LogP contribution in [0, 0.1) is 0 Å². The molecule has 0 spiro atoms. The Labute approximate surface area is 61.3 Å². The van der Waals surface area contributed by atoms with Crippen molar-refractivity contribution in [3.8, 4) is 0 Å². The van der Waals surface area contributed by atoms with Crippen molar-refractivity contribution in [1.29, 1.82) is 0 Å². The van der Waals surface area contributed by atoms with Crippen LogP contribution in [0.1, 0.15) is 19.8 Å². The molecule has 10 heavy (non-hydrogen) atoms. The predicted octanol–water partition coefficient (Wildman–Crippen LogP) is 2.75. The maximum atomic E-state index is 3.23. The third-order valence-electron chi connectivity index (χ3n) is 2.10. The summed E-state index contributed by atoms with van der Waals surface area (Å²) in [5.74, 6) is 0. The van der Waals surface area contributed by atoms with Gasteiger partial charge in [-0.1, -0.05) is 12.2 Å². The number of rotatable bonds is 0. The fourth-order valence-electron chi connectivity index (χ4n) is 1.50. The molecule has 0 amide bonds. The number of allylic oxidation sites excluding steroid dienone is 5. The Kier molecular flexibility index (Phi) is 1.15. The van der Waals surface area contributed by atoms with Crippen LogP contribution >= 0.6 is 0 Å². The molecule has 0 N–H and O–H groups in total. The van der Waals surface area contributed by atoms with Crippen molar-refractivity contribution in [2.75, 3.05) is 0 Å². The molecular weight excluding hydrogens is 120 g/mol. The van der Waals surface area contributed by atoms with Gasteiger partial charge in [0.1, 0.15) is 0 Å². The first kappa shape index (κ1) is 5.76. The van der Waals surface area contributed by atoms with Gasteiger partial charge in [-0.25, -0.2) is 0 Å². The molecule has 0 aliphatic heterocycles. The third-order valence-corrected chi connectivity index (χ3v) is 2.10.